The van der Waals surface area contributed by atoms with Gasteiger partial charge < -0.3 is 9.84 Å². The molecule has 1 aromatic heterocycles. The van der Waals surface area contributed by atoms with Gasteiger partial charge in [-0.15, -0.1) is 0 Å². The molecule has 0 bridgehead atoms. The molecule has 1 heterocycles. The van der Waals surface area contributed by atoms with Crippen molar-refractivity contribution in [1.82, 2.24) is 9.55 Å². The van der Waals surface area contributed by atoms with E-state index >= 15 is 0 Å². The highest BCUT2D eigenvalue weighted by molar-refractivity contribution is 5.76. The summed E-state index contributed by atoms with van der Waals surface area (Å²) in [4.78, 5) is 16.7. The van der Waals surface area contributed by atoms with Crippen LogP contribution in [0, 0.1) is 0 Å². The van der Waals surface area contributed by atoms with Crippen molar-refractivity contribution in [2.24, 2.45) is 0 Å². The Kier molecular flexibility index (Phi) is 3.89. The fourth-order valence-corrected chi connectivity index (χ4v) is 2.38. The minimum atomic E-state index is -0.809. The van der Waals surface area contributed by atoms with Gasteiger partial charge in [0.2, 0.25) is 0 Å². The second-order valence-electron chi connectivity index (χ2n) is 5.01. The van der Waals surface area contributed by atoms with Gasteiger partial charge in [-0.1, -0.05) is 24.3 Å². The Morgan fingerprint density at radius 2 is 2.05 bits per heavy atom. The van der Waals surface area contributed by atoms with Gasteiger partial charge in [0.25, 0.3) is 5.56 Å². The van der Waals surface area contributed by atoms with Crippen molar-refractivity contribution in [3.05, 3.63) is 70.8 Å². The molecule has 0 saturated carbocycles. The van der Waals surface area contributed by atoms with Crippen molar-refractivity contribution in [2.75, 3.05) is 7.11 Å². The molecular weight excluding hydrogens is 280 g/mol. The largest absolute Gasteiger partial charge is 0.497 e. The molecule has 3 rings (SSSR count). The highest BCUT2D eigenvalue weighted by Gasteiger charge is 2.11. The van der Waals surface area contributed by atoms with E-state index < -0.39 is 6.10 Å². The molecule has 0 aliphatic carbocycles. The molecule has 1 N–H and O–H groups in total. The Hall–Kier alpha value is -2.66. The molecule has 0 aliphatic heterocycles. The van der Waals surface area contributed by atoms with E-state index in [4.69, 9.17) is 4.74 Å². The van der Waals surface area contributed by atoms with Crippen LogP contribution in [0.15, 0.2) is 59.7 Å². The first-order chi connectivity index (χ1) is 10.7. The van der Waals surface area contributed by atoms with Crippen molar-refractivity contribution in [2.45, 2.75) is 12.6 Å². The molecule has 5 heteroatoms. The van der Waals surface area contributed by atoms with Gasteiger partial charge in [-0.25, -0.2) is 4.98 Å². The summed E-state index contributed by atoms with van der Waals surface area (Å²) in [6.07, 6.45) is 0.657. The van der Waals surface area contributed by atoms with E-state index in [1.165, 1.54) is 10.9 Å². The molecule has 3 aromatic rings. The number of hydrogen-bond donors (Lipinski definition) is 1. The summed E-state index contributed by atoms with van der Waals surface area (Å²) in [6.45, 7) is 0.143. The maximum absolute atomic E-state index is 12.4. The third-order valence-electron chi connectivity index (χ3n) is 3.58. The lowest BCUT2D eigenvalue weighted by molar-refractivity contribution is 0.154. The number of nitrogens with zero attached hydrogens (tertiary/aromatic N) is 2. The summed E-state index contributed by atoms with van der Waals surface area (Å²) in [5, 5.41) is 10.9. The van der Waals surface area contributed by atoms with E-state index in [1.54, 1.807) is 49.6 Å². The second-order valence-corrected chi connectivity index (χ2v) is 5.01. The molecule has 0 radical (unpaired) electrons. The van der Waals surface area contributed by atoms with E-state index in [1.807, 2.05) is 6.07 Å². The average molecular weight is 296 g/mol. The monoisotopic (exact) mass is 296 g/mol. The number of fused-ring (bicyclic) bond motifs is 1. The van der Waals surface area contributed by atoms with Crippen molar-refractivity contribution < 1.29 is 9.84 Å². The number of hydrogen-bond acceptors (Lipinski definition) is 4. The quantitative estimate of drug-likeness (QED) is 0.801. The summed E-state index contributed by atoms with van der Waals surface area (Å²) in [5.74, 6) is 0.667. The Bertz CT molecular complexity index is 858. The average Bonchev–Trinajstić information content (AvgIpc) is 2.57. The highest BCUT2D eigenvalue weighted by Crippen LogP contribution is 2.20. The zero-order valence-electron chi connectivity index (χ0n) is 12.1. The van der Waals surface area contributed by atoms with Gasteiger partial charge in [0.15, 0.2) is 0 Å². The minimum Gasteiger partial charge on any atom is -0.497 e. The normalized spacial score (nSPS) is 12.3. The lowest BCUT2D eigenvalue weighted by Crippen LogP contribution is -2.23. The van der Waals surface area contributed by atoms with E-state index in [2.05, 4.69) is 4.98 Å². The first kappa shape index (κ1) is 14.3. The summed E-state index contributed by atoms with van der Waals surface area (Å²) in [7, 11) is 1.57. The van der Waals surface area contributed by atoms with Crippen LogP contribution in [0.1, 0.15) is 11.7 Å². The minimum absolute atomic E-state index is 0.143. The molecule has 0 fully saturated rings. The fourth-order valence-electron chi connectivity index (χ4n) is 2.38. The van der Waals surface area contributed by atoms with E-state index in [0.717, 1.165) is 0 Å². The van der Waals surface area contributed by atoms with Gasteiger partial charge in [0.05, 0.1) is 37.0 Å². The number of aliphatic hydroxyl groups excluding tert-OH is 1. The van der Waals surface area contributed by atoms with E-state index in [-0.39, 0.29) is 12.1 Å². The molecule has 5 nitrogen and oxygen atoms in total. The van der Waals surface area contributed by atoms with Crippen LogP contribution in [0.5, 0.6) is 5.75 Å². The molecule has 0 spiro atoms. The van der Waals surface area contributed by atoms with E-state index in [9.17, 15) is 9.90 Å². The third-order valence-corrected chi connectivity index (χ3v) is 3.58. The Morgan fingerprint density at radius 1 is 1.23 bits per heavy atom. The molecule has 112 valence electrons. The summed E-state index contributed by atoms with van der Waals surface area (Å²) < 4.78 is 6.57. The molecule has 2 aromatic carbocycles. The van der Waals surface area contributed by atoms with Crippen molar-refractivity contribution in [3.63, 3.8) is 0 Å². The van der Waals surface area contributed by atoms with Crippen LogP contribution < -0.4 is 10.3 Å². The molecule has 22 heavy (non-hydrogen) atoms. The maximum Gasteiger partial charge on any atom is 0.261 e. The topological polar surface area (TPSA) is 64.3 Å². The van der Waals surface area contributed by atoms with Crippen LogP contribution in [0.4, 0.5) is 0 Å². The van der Waals surface area contributed by atoms with Gasteiger partial charge in [0, 0.05) is 0 Å². The van der Waals surface area contributed by atoms with Crippen LogP contribution in [0.25, 0.3) is 10.9 Å². The van der Waals surface area contributed by atoms with Crippen molar-refractivity contribution in [1.29, 1.82) is 0 Å². The lowest BCUT2D eigenvalue weighted by atomic mass is 10.1. The van der Waals surface area contributed by atoms with Gasteiger partial charge >= 0.3 is 0 Å². The van der Waals surface area contributed by atoms with Gasteiger partial charge in [-0.05, 0) is 29.8 Å². The number of benzene rings is 2. The maximum atomic E-state index is 12.4. The zero-order chi connectivity index (χ0) is 15.5. The summed E-state index contributed by atoms with van der Waals surface area (Å²) in [6, 6.07) is 14.3. The highest BCUT2D eigenvalue weighted by atomic mass is 16.5. The van der Waals surface area contributed by atoms with Crippen LogP contribution in [0.3, 0.4) is 0 Å². The smallest absolute Gasteiger partial charge is 0.261 e. The lowest BCUT2D eigenvalue weighted by Gasteiger charge is -2.14. The first-order valence-corrected chi connectivity index (χ1v) is 6.95. The van der Waals surface area contributed by atoms with Crippen molar-refractivity contribution in [3.8, 4) is 5.75 Å². The Morgan fingerprint density at radius 3 is 2.86 bits per heavy atom. The zero-order valence-corrected chi connectivity index (χ0v) is 12.1. The van der Waals surface area contributed by atoms with Crippen molar-refractivity contribution >= 4 is 10.9 Å². The standard InChI is InChI=1S/C17H16N2O3/c1-22-13-6-4-5-12(9-13)16(20)10-19-11-18-15-8-3-2-7-14(15)17(19)21/h2-9,11,16,20H,10H2,1H3. The molecule has 0 saturated heterocycles. The summed E-state index contributed by atoms with van der Waals surface area (Å²) >= 11 is 0. The predicted molar refractivity (Wildman–Crippen MR) is 84.0 cm³/mol. The molecule has 1 atom stereocenters. The van der Waals surface area contributed by atoms with Gasteiger partial charge in [0.1, 0.15) is 5.75 Å². The number of aromatic nitrogens is 2. The van der Waals surface area contributed by atoms with Crippen LogP contribution >= 0.6 is 0 Å². The van der Waals surface area contributed by atoms with Gasteiger partial charge in [-0.3, -0.25) is 9.36 Å². The number of rotatable bonds is 4. The molecule has 0 aliphatic rings. The molecule has 0 amide bonds. The third kappa shape index (κ3) is 2.71. The van der Waals surface area contributed by atoms with Crippen LogP contribution in [0.2, 0.25) is 0 Å². The van der Waals surface area contributed by atoms with E-state index in [0.29, 0.717) is 22.2 Å². The van der Waals surface area contributed by atoms with Crippen LogP contribution in [-0.4, -0.2) is 21.8 Å². The predicted octanol–water partition coefficient (Wildman–Crippen LogP) is 2.14. The number of para-hydroxylation sites is 1. The molecular formula is C17H16N2O3. The SMILES string of the molecule is COc1cccc(C(O)Cn2cnc3ccccc3c2=O)c1. The Balaban J connectivity index is 1.92. The Labute approximate surface area is 127 Å². The number of ether oxygens (including phenoxy) is 1. The fraction of sp³-hybridized carbons (Fsp3) is 0.176. The second kappa shape index (κ2) is 5.99. The number of methoxy groups -OCH3 is 1. The van der Waals surface area contributed by atoms with Crippen LogP contribution in [-0.2, 0) is 6.54 Å². The molecule has 1 unspecified atom stereocenters. The van der Waals surface area contributed by atoms with Gasteiger partial charge in [-0.2, -0.15) is 0 Å². The number of aliphatic hydroxyl groups is 1. The summed E-state index contributed by atoms with van der Waals surface area (Å²) in [5.41, 5.74) is 1.19. The first-order valence-electron chi connectivity index (χ1n) is 6.95.